The lowest BCUT2D eigenvalue weighted by Gasteiger charge is -2.43. The zero-order chi connectivity index (χ0) is 13.2. The van der Waals surface area contributed by atoms with Gasteiger partial charge < -0.3 is 10.2 Å². The highest BCUT2D eigenvalue weighted by Crippen LogP contribution is 2.41. The molecule has 0 aromatic rings. The normalized spacial score (nSPS) is 43.7. The molecule has 2 rings (SSSR count). The van der Waals surface area contributed by atoms with Gasteiger partial charge in [-0.25, -0.2) is 0 Å². The van der Waals surface area contributed by atoms with Gasteiger partial charge in [-0.15, -0.1) is 0 Å². The lowest BCUT2D eigenvalue weighted by atomic mass is 9.68. The number of rotatable bonds is 3. The van der Waals surface area contributed by atoms with Gasteiger partial charge in [0.25, 0.3) is 0 Å². The molecule has 0 amide bonds. The third kappa shape index (κ3) is 3.08. The highest BCUT2D eigenvalue weighted by molar-refractivity contribution is 4.95. The first kappa shape index (κ1) is 14.3. The molecule has 3 atom stereocenters. The van der Waals surface area contributed by atoms with Crippen molar-refractivity contribution in [1.29, 1.82) is 0 Å². The maximum atomic E-state index is 10.7. The van der Waals surface area contributed by atoms with Crippen molar-refractivity contribution >= 4 is 0 Å². The minimum atomic E-state index is -0.785. The second-order valence-corrected chi connectivity index (χ2v) is 6.93. The first-order chi connectivity index (χ1) is 8.55. The number of hydrogen-bond donors (Lipinski definition) is 2. The van der Waals surface area contributed by atoms with Crippen molar-refractivity contribution in [3.8, 4) is 0 Å². The van der Waals surface area contributed by atoms with Crippen LogP contribution in [0.5, 0.6) is 0 Å². The summed E-state index contributed by atoms with van der Waals surface area (Å²) >= 11 is 0. The lowest BCUT2D eigenvalue weighted by molar-refractivity contribution is -0.132. The Kier molecular flexibility index (Phi) is 4.71. The molecule has 2 saturated carbocycles. The second-order valence-electron chi connectivity index (χ2n) is 6.93. The molecule has 0 aromatic carbocycles. The Morgan fingerprint density at radius 1 is 1.17 bits per heavy atom. The van der Waals surface area contributed by atoms with Crippen LogP contribution in [0, 0.1) is 17.8 Å². The van der Waals surface area contributed by atoms with E-state index in [0.717, 1.165) is 44.4 Å². The summed E-state index contributed by atoms with van der Waals surface area (Å²) in [5.41, 5.74) is -0.785. The average Bonchev–Trinajstić information content (AvgIpc) is 2.41. The maximum absolute atomic E-state index is 10.7. The van der Waals surface area contributed by atoms with E-state index in [2.05, 4.69) is 13.8 Å². The van der Waals surface area contributed by atoms with Crippen molar-refractivity contribution in [3.63, 3.8) is 0 Å². The second kappa shape index (κ2) is 5.92. The van der Waals surface area contributed by atoms with Gasteiger partial charge in [0.15, 0.2) is 0 Å². The quantitative estimate of drug-likeness (QED) is 0.809. The van der Waals surface area contributed by atoms with Gasteiger partial charge in [-0.3, -0.25) is 0 Å². The molecule has 0 aliphatic heterocycles. The summed E-state index contributed by atoms with van der Waals surface area (Å²) in [4.78, 5) is 0. The van der Waals surface area contributed by atoms with Crippen LogP contribution in [0.3, 0.4) is 0 Å². The molecule has 2 nitrogen and oxygen atoms in total. The van der Waals surface area contributed by atoms with Crippen molar-refractivity contribution in [2.45, 2.75) is 83.3 Å². The Morgan fingerprint density at radius 3 is 2.44 bits per heavy atom. The fourth-order valence-electron chi connectivity index (χ4n) is 3.99. The summed E-state index contributed by atoms with van der Waals surface area (Å²) in [6.45, 7) is 4.50. The third-order valence-corrected chi connectivity index (χ3v) is 5.54. The van der Waals surface area contributed by atoms with E-state index in [9.17, 15) is 10.2 Å². The molecular formula is C16H30O2. The van der Waals surface area contributed by atoms with Crippen molar-refractivity contribution in [2.24, 2.45) is 17.8 Å². The molecule has 2 N–H and O–H groups in total. The molecular weight excluding hydrogens is 224 g/mol. The Bertz CT molecular complexity index is 256. The largest absolute Gasteiger partial charge is 0.390 e. The van der Waals surface area contributed by atoms with Crippen molar-refractivity contribution in [1.82, 2.24) is 0 Å². The fourth-order valence-corrected chi connectivity index (χ4v) is 3.99. The SMILES string of the molecule is CCC1CCCC(C(O)C2(O)CCC(C)CC2)C1. The van der Waals surface area contributed by atoms with Crippen LogP contribution in [-0.4, -0.2) is 21.9 Å². The topological polar surface area (TPSA) is 40.5 Å². The Balaban J connectivity index is 1.95. The van der Waals surface area contributed by atoms with Gasteiger partial charge in [-0.05, 0) is 56.3 Å². The molecule has 2 heteroatoms. The standard InChI is InChI=1S/C16H30O2/c1-3-13-5-4-6-14(11-13)15(17)16(18)9-7-12(2)8-10-16/h12-15,17-18H,3-11H2,1-2H3. The molecule has 2 aliphatic carbocycles. The van der Waals surface area contributed by atoms with Crippen LogP contribution in [0.4, 0.5) is 0 Å². The molecule has 18 heavy (non-hydrogen) atoms. The monoisotopic (exact) mass is 254 g/mol. The van der Waals surface area contributed by atoms with E-state index in [1.807, 2.05) is 0 Å². The Labute approximate surface area is 112 Å². The molecule has 0 bridgehead atoms. The van der Waals surface area contributed by atoms with Gasteiger partial charge in [0.1, 0.15) is 0 Å². The van der Waals surface area contributed by atoms with E-state index in [1.165, 1.54) is 19.3 Å². The zero-order valence-electron chi connectivity index (χ0n) is 12.1. The number of aliphatic hydroxyl groups excluding tert-OH is 1. The minimum Gasteiger partial charge on any atom is -0.390 e. The molecule has 2 fully saturated rings. The zero-order valence-corrected chi connectivity index (χ0v) is 12.1. The van der Waals surface area contributed by atoms with Crippen LogP contribution in [0.2, 0.25) is 0 Å². The van der Waals surface area contributed by atoms with Gasteiger partial charge >= 0.3 is 0 Å². The van der Waals surface area contributed by atoms with E-state index in [1.54, 1.807) is 0 Å². The van der Waals surface area contributed by atoms with Crippen LogP contribution < -0.4 is 0 Å². The molecule has 0 heterocycles. The van der Waals surface area contributed by atoms with Crippen molar-refractivity contribution in [3.05, 3.63) is 0 Å². The first-order valence-corrected chi connectivity index (χ1v) is 7.95. The van der Waals surface area contributed by atoms with Crippen molar-refractivity contribution in [2.75, 3.05) is 0 Å². The highest BCUT2D eigenvalue weighted by atomic mass is 16.3. The summed E-state index contributed by atoms with van der Waals surface area (Å²) in [6, 6.07) is 0. The fraction of sp³-hybridized carbons (Fsp3) is 1.00. The minimum absolute atomic E-state index is 0.335. The maximum Gasteiger partial charge on any atom is 0.0908 e. The van der Waals surface area contributed by atoms with E-state index < -0.39 is 11.7 Å². The summed E-state index contributed by atoms with van der Waals surface area (Å²) < 4.78 is 0. The van der Waals surface area contributed by atoms with Gasteiger partial charge in [0.05, 0.1) is 11.7 Å². The number of hydrogen-bond acceptors (Lipinski definition) is 2. The van der Waals surface area contributed by atoms with E-state index in [4.69, 9.17) is 0 Å². The molecule has 106 valence electrons. The Hall–Kier alpha value is -0.0800. The van der Waals surface area contributed by atoms with Gasteiger partial charge in [-0.1, -0.05) is 33.1 Å². The van der Waals surface area contributed by atoms with Gasteiger partial charge in [0, 0.05) is 0 Å². The summed E-state index contributed by atoms with van der Waals surface area (Å²) in [5.74, 6) is 1.82. The summed E-state index contributed by atoms with van der Waals surface area (Å²) in [7, 11) is 0. The molecule has 0 spiro atoms. The van der Waals surface area contributed by atoms with Crippen LogP contribution >= 0.6 is 0 Å². The van der Waals surface area contributed by atoms with E-state index in [0.29, 0.717) is 11.8 Å². The van der Waals surface area contributed by atoms with Gasteiger partial charge in [0.2, 0.25) is 0 Å². The molecule has 0 radical (unpaired) electrons. The lowest BCUT2D eigenvalue weighted by Crippen LogP contribution is -2.49. The van der Waals surface area contributed by atoms with E-state index >= 15 is 0 Å². The predicted molar refractivity (Wildman–Crippen MR) is 74.3 cm³/mol. The highest BCUT2D eigenvalue weighted by Gasteiger charge is 2.43. The van der Waals surface area contributed by atoms with Crippen LogP contribution in [-0.2, 0) is 0 Å². The third-order valence-electron chi connectivity index (χ3n) is 5.54. The molecule has 0 aromatic heterocycles. The van der Waals surface area contributed by atoms with Crippen LogP contribution in [0.25, 0.3) is 0 Å². The van der Waals surface area contributed by atoms with E-state index in [-0.39, 0.29) is 0 Å². The van der Waals surface area contributed by atoms with Gasteiger partial charge in [-0.2, -0.15) is 0 Å². The average molecular weight is 254 g/mol. The van der Waals surface area contributed by atoms with Crippen LogP contribution in [0.1, 0.15) is 71.6 Å². The van der Waals surface area contributed by atoms with Crippen molar-refractivity contribution < 1.29 is 10.2 Å². The van der Waals surface area contributed by atoms with Crippen LogP contribution in [0.15, 0.2) is 0 Å². The summed E-state index contributed by atoms with van der Waals surface area (Å²) in [5, 5.41) is 21.3. The summed E-state index contributed by atoms with van der Waals surface area (Å²) in [6.07, 6.45) is 9.23. The molecule has 2 aliphatic rings. The number of aliphatic hydroxyl groups is 2. The Morgan fingerprint density at radius 2 is 1.83 bits per heavy atom. The molecule has 3 unspecified atom stereocenters. The predicted octanol–water partition coefficient (Wildman–Crippen LogP) is 3.50. The first-order valence-electron chi connectivity index (χ1n) is 7.95. The smallest absolute Gasteiger partial charge is 0.0908 e. The molecule has 0 saturated heterocycles.